The van der Waals surface area contributed by atoms with Crippen molar-refractivity contribution in [3.8, 4) is 28.8 Å². The van der Waals surface area contributed by atoms with Crippen LogP contribution in [0.25, 0.3) is 11.3 Å². The summed E-state index contributed by atoms with van der Waals surface area (Å²) >= 11 is 1.49. The molecule has 1 N–H and O–H groups in total. The van der Waals surface area contributed by atoms with E-state index in [1.165, 1.54) is 11.3 Å². The van der Waals surface area contributed by atoms with E-state index in [4.69, 9.17) is 14.7 Å². The Balaban J connectivity index is 1.87. The first-order valence-electron chi connectivity index (χ1n) is 7.18. The van der Waals surface area contributed by atoms with E-state index >= 15 is 0 Å². The van der Waals surface area contributed by atoms with Gasteiger partial charge in [0.2, 0.25) is 0 Å². The van der Waals surface area contributed by atoms with Crippen molar-refractivity contribution in [2.75, 3.05) is 19.5 Å². The number of aromatic nitrogens is 1. The molecule has 0 aliphatic heterocycles. The molecule has 6 heteroatoms. The minimum atomic E-state index is 0.605. The molecule has 0 aliphatic rings. The van der Waals surface area contributed by atoms with Gasteiger partial charge in [0.15, 0.2) is 5.13 Å². The number of ether oxygens (including phenoxy) is 2. The average molecular weight is 337 g/mol. The maximum atomic E-state index is 8.97. The van der Waals surface area contributed by atoms with Gasteiger partial charge in [0.1, 0.15) is 11.5 Å². The summed E-state index contributed by atoms with van der Waals surface area (Å²) in [6.07, 6.45) is 0. The van der Waals surface area contributed by atoms with Crippen LogP contribution in [0.5, 0.6) is 11.5 Å². The average Bonchev–Trinajstić information content (AvgIpc) is 3.09. The smallest absolute Gasteiger partial charge is 0.187 e. The number of thiazole rings is 1. The van der Waals surface area contributed by atoms with Gasteiger partial charge in [-0.05, 0) is 30.3 Å². The number of nitrogens with zero attached hydrogens (tertiary/aromatic N) is 2. The number of nitriles is 1. The van der Waals surface area contributed by atoms with Crippen molar-refractivity contribution >= 4 is 22.2 Å². The van der Waals surface area contributed by atoms with E-state index in [-0.39, 0.29) is 0 Å². The molecule has 5 nitrogen and oxygen atoms in total. The quantitative estimate of drug-likeness (QED) is 0.745. The molecule has 1 aromatic heterocycles. The van der Waals surface area contributed by atoms with E-state index in [2.05, 4.69) is 16.4 Å². The number of methoxy groups -OCH3 is 2. The number of benzene rings is 2. The van der Waals surface area contributed by atoms with Crippen LogP contribution in [0.3, 0.4) is 0 Å². The third-order valence-corrected chi connectivity index (χ3v) is 4.19. The lowest BCUT2D eigenvalue weighted by Crippen LogP contribution is -1.92. The minimum absolute atomic E-state index is 0.605. The fourth-order valence-electron chi connectivity index (χ4n) is 2.25. The highest BCUT2D eigenvalue weighted by Crippen LogP contribution is 2.35. The lowest BCUT2D eigenvalue weighted by molar-refractivity contribution is 0.395. The largest absolute Gasteiger partial charge is 0.497 e. The molecule has 0 fully saturated rings. The lowest BCUT2D eigenvalue weighted by Gasteiger charge is -2.08. The second-order valence-corrected chi connectivity index (χ2v) is 5.78. The predicted octanol–water partition coefficient (Wildman–Crippen LogP) is 4.44. The van der Waals surface area contributed by atoms with Gasteiger partial charge in [-0.15, -0.1) is 11.3 Å². The van der Waals surface area contributed by atoms with Crippen LogP contribution in [0.1, 0.15) is 5.56 Å². The van der Waals surface area contributed by atoms with Crippen LogP contribution in [-0.2, 0) is 0 Å². The Hall–Kier alpha value is -3.04. The summed E-state index contributed by atoms with van der Waals surface area (Å²) in [6.45, 7) is 0. The van der Waals surface area contributed by atoms with E-state index in [1.807, 2.05) is 35.7 Å². The summed E-state index contributed by atoms with van der Waals surface area (Å²) in [6, 6.07) is 15.0. The zero-order valence-electron chi connectivity index (χ0n) is 13.2. The van der Waals surface area contributed by atoms with Crippen LogP contribution in [0.15, 0.2) is 47.8 Å². The molecule has 3 aromatic rings. The highest BCUT2D eigenvalue weighted by Gasteiger charge is 2.11. The lowest BCUT2D eigenvalue weighted by atomic mass is 10.1. The fourth-order valence-corrected chi connectivity index (χ4v) is 2.99. The highest BCUT2D eigenvalue weighted by molar-refractivity contribution is 7.14. The Bertz CT molecular complexity index is 899. The van der Waals surface area contributed by atoms with Gasteiger partial charge in [0, 0.05) is 22.7 Å². The van der Waals surface area contributed by atoms with Gasteiger partial charge in [0.05, 0.1) is 31.5 Å². The number of rotatable bonds is 5. The van der Waals surface area contributed by atoms with Crippen LogP contribution < -0.4 is 14.8 Å². The first kappa shape index (κ1) is 15.8. The van der Waals surface area contributed by atoms with Crippen LogP contribution in [0.2, 0.25) is 0 Å². The third-order valence-electron chi connectivity index (χ3n) is 3.43. The summed E-state index contributed by atoms with van der Waals surface area (Å²) < 4.78 is 10.6. The molecule has 0 amide bonds. The van der Waals surface area contributed by atoms with Crippen molar-refractivity contribution in [3.63, 3.8) is 0 Å². The van der Waals surface area contributed by atoms with Gasteiger partial charge in [-0.25, -0.2) is 4.98 Å². The molecular formula is C18H15N3O2S. The van der Waals surface area contributed by atoms with Crippen molar-refractivity contribution in [2.45, 2.75) is 0 Å². The topological polar surface area (TPSA) is 67.2 Å². The van der Waals surface area contributed by atoms with Crippen molar-refractivity contribution in [1.82, 2.24) is 4.98 Å². The van der Waals surface area contributed by atoms with Crippen LogP contribution >= 0.6 is 11.3 Å². The molecule has 24 heavy (non-hydrogen) atoms. The summed E-state index contributed by atoms with van der Waals surface area (Å²) in [5.74, 6) is 1.44. The van der Waals surface area contributed by atoms with Gasteiger partial charge in [-0.2, -0.15) is 5.26 Å². The van der Waals surface area contributed by atoms with Gasteiger partial charge in [-0.3, -0.25) is 0 Å². The maximum absolute atomic E-state index is 8.97. The molecule has 0 aliphatic carbocycles. The second kappa shape index (κ2) is 7.02. The van der Waals surface area contributed by atoms with Crippen LogP contribution in [-0.4, -0.2) is 19.2 Å². The van der Waals surface area contributed by atoms with Crippen LogP contribution in [0, 0.1) is 11.3 Å². The molecule has 2 aromatic carbocycles. The third kappa shape index (κ3) is 3.31. The van der Waals surface area contributed by atoms with E-state index in [1.54, 1.807) is 26.4 Å². The first-order valence-corrected chi connectivity index (χ1v) is 8.06. The van der Waals surface area contributed by atoms with Gasteiger partial charge in [0.25, 0.3) is 0 Å². The van der Waals surface area contributed by atoms with Crippen molar-refractivity contribution in [1.29, 1.82) is 5.26 Å². The summed E-state index contributed by atoms with van der Waals surface area (Å²) in [5.41, 5.74) is 3.15. The highest BCUT2D eigenvalue weighted by atomic mass is 32.1. The second-order valence-electron chi connectivity index (χ2n) is 4.92. The molecule has 1 heterocycles. The zero-order chi connectivity index (χ0) is 16.9. The maximum Gasteiger partial charge on any atom is 0.187 e. The zero-order valence-corrected chi connectivity index (χ0v) is 14.1. The molecule has 120 valence electrons. The number of nitrogens with one attached hydrogen (secondary N) is 1. The Labute approximate surface area is 144 Å². The fraction of sp³-hybridized carbons (Fsp3) is 0.111. The Morgan fingerprint density at radius 2 is 2.00 bits per heavy atom. The molecule has 0 unspecified atom stereocenters. The molecule has 0 spiro atoms. The Morgan fingerprint density at radius 3 is 2.75 bits per heavy atom. The van der Waals surface area contributed by atoms with E-state index in [9.17, 15) is 0 Å². The van der Waals surface area contributed by atoms with Crippen molar-refractivity contribution < 1.29 is 9.47 Å². The van der Waals surface area contributed by atoms with Crippen LogP contribution in [0.4, 0.5) is 10.8 Å². The monoisotopic (exact) mass is 337 g/mol. The predicted molar refractivity (Wildman–Crippen MR) is 95.1 cm³/mol. The Kier molecular flexibility index (Phi) is 4.64. The van der Waals surface area contributed by atoms with Gasteiger partial charge < -0.3 is 14.8 Å². The summed E-state index contributed by atoms with van der Waals surface area (Å²) in [7, 11) is 3.24. The van der Waals surface area contributed by atoms with Crippen molar-refractivity contribution in [2.24, 2.45) is 0 Å². The molecule has 0 atom stereocenters. The summed E-state index contributed by atoms with van der Waals surface area (Å²) in [5, 5.41) is 14.9. The van der Waals surface area contributed by atoms with Gasteiger partial charge in [-0.1, -0.05) is 6.07 Å². The number of anilines is 2. The Morgan fingerprint density at radius 1 is 1.12 bits per heavy atom. The van der Waals surface area contributed by atoms with Crippen molar-refractivity contribution in [3.05, 3.63) is 53.4 Å². The SMILES string of the molecule is COc1ccc(-c2csc(Nc3cccc(C#N)c3)n2)c(OC)c1. The molecule has 0 saturated carbocycles. The van der Waals surface area contributed by atoms with E-state index < -0.39 is 0 Å². The first-order chi connectivity index (χ1) is 11.7. The molecule has 3 rings (SSSR count). The standard InChI is InChI=1S/C18H15N3O2S/c1-22-14-6-7-15(17(9-14)23-2)16-11-24-18(21-16)20-13-5-3-4-12(8-13)10-19/h3-9,11H,1-2H3,(H,20,21). The molecule has 0 saturated heterocycles. The van der Waals surface area contributed by atoms with E-state index in [0.29, 0.717) is 11.3 Å². The molecule has 0 bridgehead atoms. The molecule has 0 radical (unpaired) electrons. The number of hydrogen-bond donors (Lipinski definition) is 1. The minimum Gasteiger partial charge on any atom is -0.497 e. The van der Waals surface area contributed by atoms with Gasteiger partial charge >= 0.3 is 0 Å². The summed E-state index contributed by atoms with van der Waals surface area (Å²) in [4.78, 5) is 4.60. The normalized spacial score (nSPS) is 10.0. The van der Waals surface area contributed by atoms with E-state index in [0.717, 1.165) is 27.8 Å². The molecular weight excluding hydrogens is 322 g/mol. The number of hydrogen-bond acceptors (Lipinski definition) is 6.